The summed E-state index contributed by atoms with van der Waals surface area (Å²) < 4.78 is 11.7. The van der Waals surface area contributed by atoms with Crippen molar-refractivity contribution < 1.29 is 19.4 Å². The lowest BCUT2D eigenvalue weighted by Crippen LogP contribution is -2.52. The van der Waals surface area contributed by atoms with Gasteiger partial charge in [-0.15, -0.1) is 0 Å². The Labute approximate surface area is 182 Å². The first-order valence-corrected chi connectivity index (χ1v) is 10.5. The molecule has 0 aliphatic carbocycles. The van der Waals surface area contributed by atoms with E-state index in [1.807, 2.05) is 43.3 Å². The minimum absolute atomic E-state index is 0.532. The van der Waals surface area contributed by atoms with Gasteiger partial charge in [-0.2, -0.15) is 0 Å². The maximum atomic E-state index is 11.5. The number of methoxy groups -OCH3 is 1. The number of carbonyl (C=O) groups is 1. The van der Waals surface area contributed by atoms with Crippen LogP contribution in [-0.2, 0) is 4.79 Å². The number of hydrogen-bond acceptors (Lipinski definition) is 6. The molecule has 2 aromatic rings. The molecule has 2 aliphatic heterocycles. The van der Waals surface area contributed by atoms with Gasteiger partial charge in [-0.05, 0) is 44.5 Å². The summed E-state index contributed by atoms with van der Waals surface area (Å²) in [5.41, 5.74) is 1.96. The van der Waals surface area contributed by atoms with Gasteiger partial charge in [0.2, 0.25) is 0 Å². The Balaban J connectivity index is 1.63. The molecule has 0 aromatic heterocycles. The predicted molar refractivity (Wildman–Crippen MR) is 120 cm³/mol. The lowest BCUT2D eigenvalue weighted by atomic mass is 9.93. The molecule has 1 fully saturated rings. The third kappa shape index (κ3) is 4.23. The number of aliphatic imine (C=N–C) groups is 1. The van der Waals surface area contributed by atoms with Crippen molar-refractivity contribution in [3.63, 3.8) is 0 Å². The van der Waals surface area contributed by atoms with Crippen LogP contribution in [0.3, 0.4) is 0 Å². The van der Waals surface area contributed by atoms with Crippen molar-refractivity contribution in [3.05, 3.63) is 47.5 Å². The van der Waals surface area contributed by atoms with Crippen LogP contribution in [0.15, 0.2) is 41.4 Å². The molecular weight excluding hydrogens is 394 g/mol. The van der Waals surface area contributed by atoms with Crippen LogP contribution in [0.5, 0.6) is 17.2 Å². The van der Waals surface area contributed by atoms with E-state index in [1.165, 1.54) is 0 Å². The van der Waals surface area contributed by atoms with Crippen LogP contribution in [0.25, 0.3) is 0 Å². The second-order valence-electron chi connectivity index (χ2n) is 8.78. The van der Waals surface area contributed by atoms with Crippen LogP contribution >= 0.6 is 0 Å². The van der Waals surface area contributed by atoms with Gasteiger partial charge in [0.1, 0.15) is 23.0 Å². The molecule has 0 radical (unpaired) electrons. The van der Waals surface area contributed by atoms with E-state index in [1.54, 1.807) is 21.0 Å². The normalized spacial score (nSPS) is 16.5. The molecule has 2 aliphatic rings. The monoisotopic (exact) mass is 423 g/mol. The zero-order valence-corrected chi connectivity index (χ0v) is 18.5. The average Bonchev–Trinajstić information content (AvgIpc) is 2.90. The van der Waals surface area contributed by atoms with Gasteiger partial charge in [0.05, 0.1) is 18.1 Å². The summed E-state index contributed by atoms with van der Waals surface area (Å²) in [4.78, 5) is 21.0. The number of rotatable bonds is 4. The molecule has 0 amide bonds. The first-order chi connectivity index (χ1) is 14.8. The van der Waals surface area contributed by atoms with E-state index in [4.69, 9.17) is 14.5 Å². The third-order valence-electron chi connectivity index (χ3n) is 5.92. The number of fused-ring (bicyclic) bond motifs is 2. The Morgan fingerprint density at radius 1 is 1.16 bits per heavy atom. The Morgan fingerprint density at radius 3 is 2.55 bits per heavy atom. The summed E-state index contributed by atoms with van der Waals surface area (Å²) in [5.74, 6) is 2.32. The number of aliphatic carboxylic acids is 1. The summed E-state index contributed by atoms with van der Waals surface area (Å²) in [6.45, 7) is 9.19. The molecule has 0 bridgehead atoms. The maximum absolute atomic E-state index is 11.5. The molecular formula is C24H29N3O4. The fraction of sp³-hybridized carbons (Fsp3) is 0.417. The van der Waals surface area contributed by atoms with E-state index in [0.29, 0.717) is 12.3 Å². The summed E-state index contributed by atoms with van der Waals surface area (Å²) in [6, 6.07) is 11.8. The average molecular weight is 424 g/mol. The lowest BCUT2D eigenvalue weighted by Gasteiger charge is -2.38. The quantitative estimate of drug-likeness (QED) is 0.804. The van der Waals surface area contributed by atoms with Gasteiger partial charge in [0.15, 0.2) is 5.75 Å². The van der Waals surface area contributed by atoms with Crippen LogP contribution in [0, 0.1) is 12.3 Å². The first-order valence-electron chi connectivity index (χ1n) is 10.5. The van der Waals surface area contributed by atoms with Crippen LogP contribution < -0.4 is 9.47 Å². The molecule has 0 atom stereocenters. The third-order valence-corrected chi connectivity index (χ3v) is 5.92. The molecule has 0 saturated carbocycles. The second kappa shape index (κ2) is 8.23. The number of nitrogens with zero attached hydrogens (tertiary/aromatic N) is 3. The number of hydrogen-bond donors (Lipinski definition) is 1. The van der Waals surface area contributed by atoms with Crippen molar-refractivity contribution in [2.75, 3.05) is 39.8 Å². The Morgan fingerprint density at radius 2 is 1.87 bits per heavy atom. The van der Waals surface area contributed by atoms with Crippen molar-refractivity contribution >= 4 is 17.5 Å². The number of piperazine rings is 1. The van der Waals surface area contributed by atoms with Crippen LogP contribution in [0.2, 0.25) is 0 Å². The fourth-order valence-corrected chi connectivity index (χ4v) is 4.06. The van der Waals surface area contributed by atoms with Gasteiger partial charge in [-0.1, -0.05) is 12.1 Å². The van der Waals surface area contributed by atoms with Crippen molar-refractivity contribution in [2.24, 2.45) is 10.4 Å². The highest BCUT2D eigenvalue weighted by Gasteiger charge is 2.32. The SMILES string of the molecule is COc1cc2c(cc1C)N=C(N1CCN(CC(C)(C)C(=O)O)CC1)c1ccccc1O2. The zero-order valence-electron chi connectivity index (χ0n) is 18.5. The molecule has 2 heterocycles. The van der Waals surface area contributed by atoms with Crippen molar-refractivity contribution in [3.8, 4) is 17.2 Å². The van der Waals surface area contributed by atoms with Crippen molar-refractivity contribution in [1.82, 2.24) is 9.80 Å². The van der Waals surface area contributed by atoms with E-state index in [2.05, 4.69) is 9.80 Å². The number of para-hydroxylation sites is 1. The van der Waals surface area contributed by atoms with Crippen molar-refractivity contribution in [1.29, 1.82) is 0 Å². The molecule has 2 aromatic carbocycles. The zero-order chi connectivity index (χ0) is 22.2. The number of carboxylic acid groups (broad SMARTS) is 1. The van der Waals surface area contributed by atoms with Gasteiger partial charge in [-0.3, -0.25) is 9.69 Å². The van der Waals surface area contributed by atoms with Gasteiger partial charge in [0.25, 0.3) is 0 Å². The molecule has 1 saturated heterocycles. The lowest BCUT2D eigenvalue weighted by molar-refractivity contribution is -0.148. The summed E-state index contributed by atoms with van der Waals surface area (Å²) >= 11 is 0. The van der Waals surface area contributed by atoms with Crippen LogP contribution in [-0.4, -0.2) is 66.5 Å². The summed E-state index contributed by atoms with van der Waals surface area (Å²) in [7, 11) is 1.65. The number of aryl methyl sites for hydroxylation is 1. The highest BCUT2D eigenvalue weighted by Crippen LogP contribution is 2.41. The molecule has 31 heavy (non-hydrogen) atoms. The molecule has 1 N–H and O–H groups in total. The van der Waals surface area contributed by atoms with Crippen LogP contribution in [0.1, 0.15) is 25.0 Å². The largest absolute Gasteiger partial charge is 0.496 e. The molecule has 4 rings (SSSR count). The van der Waals surface area contributed by atoms with Crippen LogP contribution in [0.4, 0.5) is 5.69 Å². The number of benzene rings is 2. The van der Waals surface area contributed by atoms with Crippen molar-refractivity contribution in [2.45, 2.75) is 20.8 Å². The minimum atomic E-state index is -0.767. The minimum Gasteiger partial charge on any atom is -0.496 e. The molecule has 0 unspecified atom stereocenters. The van der Waals surface area contributed by atoms with E-state index in [-0.39, 0.29) is 0 Å². The standard InChI is InChI=1S/C24H29N3O4/c1-16-13-18-21(14-20(16)30-4)31-19-8-6-5-7-17(19)22(25-18)27-11-9-26(10-12-27)15-24(2,3)23(28)29/h5-8,13-14H,9-12,15H2,1-4H3,(H,28,29). The Bertz CT molecular complexity index is 1020. The second-order valence-corrected chi connectivity index (χ2v) is 8.78. The highest BCUT2D eigenvalue weighted by atomic mass is 16.5. The summed E-state index contributed by atoms with van der Waals surface area (Å²) in [6.07, 6.45) is 0. The van der Waals surface area contributed by atoms with Gasteiger partial charge in [-0.25, -0.2) is 4.99 Å². The number of ether oxygens (including phenoxy) is 2. The highest BCUT2D eigenvalue weighted by molar-refractivity contribution is 6.03. The number of carboxylic acids is 1. The smallest absolute Gasteiger partial charge is 0.310 e. The molecule has 0 spiro atoms. The fourth-order valence-electron chi connectivity index (χ4n) is 4.06. The van der Waals surface area contributed by atoms with Gasteiger partial charge >= 0.3 is 5.97 Å². The maximum Gasteiger partial charge on any atom is 0.310 e. The van der Waals surface area contributed by atoms with E-state index < -0.39 is 11.4 Å². The van der Waals surface area contributed by atoms with Gasteiger partial charge < -0.3 is 19.5 Å². The van der Waals surface area contributed by atoms with E-state index in [9.17, 15) is 9.90 Å². The molecule has 7 heteroatoms. The Kier molecular flexibility index (Phi) is 5.62. The summed E-state index contributed by atoms with van der Waals surface area (Å²) in [5, 5.41) is 9.44. The van der Waals surface area contributed by atoms with Gasteiger partial charge in [0, 0.05) is 38.8 Å². The molecule has 7 nitrogen and oxygen atoms in total. The van der Waals surface area contributed by atoms with E-state index >= 15 is 0 Å². The Hall–Kier alpha value is -3.06. The molecule has 164 valence electrons. The predicted octanol–water partition coefficient (Wildman–Crippen LogP) is 3.92. The topological polar surface area (TPSA) is 74.6 Å². The number of amidine groups is 1. The van der Waals surface area contributed by atoms with E-state index in [0.717, 1.165) is 60.3 Å². The first kappa shape index (κ1) is 21.2.